The van der Waals surface area contributed by atoms with E-state index in [0.29, 0.717) is 45.8 Å². The highest BCUT2D eigenvalue weighted by Crippen LogP contribution is 2.37. The number of fused-ring (bicyclic) bond motifs is 1. The van der Waals surface area contributed by atoms with Crippen molar-refractivity contribution >= 4 is 34.2 Å². The van der Waals surface area contributed by atoms with Crippen molar-refractivity contribution in [3.8, 4) is 23.0 Å². The number of hydrogen-bond donors (Lipinski definition) is 2. The average molecular weight is 458 g/mol. The summed E-state index contributed by atoms with van der Waals surface area (Å²) in [5.41, 5.74) is 1.35. The molecule has 0 aliphatic heterocycles. The van der Waals surface area contributed by atoms with Crippen molar-refractivity contribution in [2.45, 2.75) is 27.2 Å². The van der Waals surface area contributed by atoms with E-state index in [-0.39, 0.29) is 11.4 Å². The fraction of sp³-hybridized carbons (Fsp3) is 0.333. The Labute approximate surface area is 193 Å². The molecule has 1 aromatic heterocycles. The van der Waals surface area contributed by atoms with Gasteiger partial charge in [-0.1, -0.05) is 32.4 Å². The summed E-state index contributed by atoms with van der Waals surface area (Å²) in [4.78, 5) is 16.5. The molecule has 0 aliphatic rings. The van der Waals surface area contributed by atoms with Gasteiger partial charge in [-0.05, 0) is 36.1 Å². The Morgan fingerprint density at radius 3 is 2.41 bits per heavy atom. The molecule has 8 heteroatoms. The van der Waals surface area contributed by atoms with Gasteiger partial charge in [-0.3, -0.25) is 4.98 Å². The number of nitrogens with zero attached hydrogens (tertiary/aromatic N) is 1. The van der Waals surface area contributed by atoms with E-state index in [1.165, 1.54) is 0 Å². The smallest absolute Gasteiger partial charge is 0.319 e. The van der Waals surface area contributed by atoms with Gasteiger partial charge in [-0.25, -0.2) is 4.79 Å². The van der Waals surface area contributed by atoms with Crippen LogP contribution in [0.15, 0.2) is 42.6 Å². The van der Waals surface area contributed by atoms with Crippen LogP contribution in [0.2, 0.25) is 5.02 Å². The Hall–Kier alpha value is -3.19. The first kappa shape index (κ1) is 23.5. The lowest BCUT2D eigenvalue weighted by atomic mass is 9.92. The van der Waals surface area contributed by atoms with E-state index < -0.39 is 0 Å². The van der Waals surface area contributed by atoms with Gasteiger partial charge in [0, 0.05) is 30.3 Å². The van der Waals surface area contributed by atoms with Crippen molar-refractivity contribution in [2.75, 3.05) is 26.1 Å². The number of benzene rings is 2. The van der Waals surface area contributed by atoms with Crippen LogP contribution in [0.5, 0.6) is 23.0 Å². The zero-order valence-corrected chi connectivity index (χ0v) is 19.7. The number of rotatable bonds is 7. The van der Waals surface area contributed by atoms with Crippen LogP contribution in [0.3, 0.4) is 0 Å². The normalized spacial score (nSPS) is 11.2. The van der Waals surface area contributed by atoms with Gasteiger partial charge in [-0.15, -0.1) is 0 Å². The maximum absolute atomic E-state index is 12.1. The van der Waals surface area contributed by atoms with Gasteiger partial charge in [0.05, 0.1) is 30.4 Å². The molecule has 3 aromatic rings. The molecule has 2 amide bonds. The highest BCUT2D eigenvalue weighted by Gasteiger charge is 2.14. The SMILES string of the molecule is COc1cc2nccc(Oc3ccc(NC(=O)NCCC(C)(C)C)c(Cl)c3)c2cc1OC. The fourth-order valence-electron chi connectivity index (χ4n) is 3.04. The Balaban J connectivity index is 1.74. The molecule has 3 rings (SSSR count). The Kier molecular flexibility index (Phi) is 7.30. The highest BCUT2D eigenvalue weighted by atomic mass is 35.5. The predicted octanol–water partition coefficient (Wildman–Crippen LogP) is 6.26. The van der Waals surface area contributed by atoms with E-state index in [1.54, 1.807) is 50.7 Å². The highest BCUT2D eigenvalue weighted by molar-refractivity contribution is 6.33. The summed E-state index contributed by atoms with van der Waals surface area (Å²) in [6.07, 6.45) is 2.53. The van der Waals surface area contributed by atoms with E-state index in [0.717, 1.165) is 11.8 Å². The summed E-state index contributed by atoms with van der Waals surface area (Å²) < 4.78 is 16.8. The number of carbonyl (C=O) groups is 1. The number of halogens is 1. The average Bonchev–Trinajstić information content (AvgIpc) is 2.74. The van der Waals surface area contributed by atoms with Gasteiger partial charge < -0.3 is 24.8 Å². The summed E-state index contributed by atoms with van der Waals surface area (Å²) >= 11 is 6.38. The van der Waals surface area contributed by atoms with Crippen molar-refractivity contribution in [1.29, 1.82) is 0 Å². The number of pyridine rings is 1. The van der Waals surface area contributed by atoms with E-state index in [9.17, 15) is 4.79 Å². The van der Waals surface area contributed by atoms with Crippen LogP contribution in [-0.2, 0) is 0 Å². The molecule has 0 aliphatic carbocycles. The summed E-state index contributed by atoms with van der Waals surface area (Å²) in [6, 6.07) is 10.2. The number of hydrogen-bond acceptors (Lipinski definition) is 5. The van der Waals surface area contributed by atoms with Crippen LogP contribution in [0.1, 0.15) is 27.2 Å². The summed E-state index contributed by atoms with van der Waals surface area (Å²) in [5.74, 6) is 2.28. The first-order chi connectivity index (χ1) is 15.2. The molecule has 1 heterocycles. The Morgan fingerprint density at radius 2 is 1.75 bits per heavy atom. The molecule has 0 atom stereocenters. The number of methoxy groups -OCH3 is 2. The topological polar surface area (TPSA) is 81.7 Å². The number of amides is 2. The van der Waals surface area contributed by atoms with E-state index in [1.807, 2.05) is 6.07 Å². The lowest BCUT2D eigenvalue weighted by Gasteiger charge is -2.18. The van der Waals surface area contributed by atoms with Crippen LogP contribution in [0, 0.1) is 5.41 Å². The van der Waals surface area contributed by atoms with E-state index in [2.05, 4.69) is 36.4 Å². The van der Waals surface area contributed by atoms with Crippen molar-refractivity contribution in [2.24, 2.45) is 5.41 Å². The van der Waals surface area contributed by atoms with Crippen LogP contribution in [0.25, 0.3) is 10.9 Å². The fourth-order valence-corrected chi connectivity index (χ4v) is 3.26. The number of aromatic nitrogens is 1. The third kappa shape index (κ3) is 5.95. The van der Waals surface area contributed by atoms with Crippen molar-refractivity contribution in [3.05, 3.63) is 47.6 Å². The zero-order valence-electron chi connectivity index (χ0n) is 18.9. The number of urea groups is 1. The maximum atomic E-state index is 12.1. The molecular weight excluding hydrogens is 430 g/mol. The molecule has 0 bridgehead atoms. The molecule has 2 N–H and O–H groups in total. The van der Waals surface area contributed by atoms with Gasteiger partial charge in [0.1, 0.15) is 11.5 Å². The zero-order chi connectivity index (χ0) is 23.3. The predicted molar refractivity (Wildman–Crippen MR) is 127 cm³/mol. The Morgan fingerprint density at radius 1 is 1.03 bits per heavy atom. The third-order valence-corrected chi connectivity index (χ3v) is 5.10. The molecule has 32 heavy (non-hydrogen) atoms. The van der Waals surface area contributed by atoms with Gasteiger partial charge in [0.15, 0.2) is 11.5 Å². The monoisotopic (exact) mass is 457 g/mol. The standard InChI is InChI=1S/C24H28ClN3O4/c1-24(2,3)9-11-27-23(29)28-18-7-6-15(12-17(18)25)32-20-8-10-26-19-14-22(31-5)21(30-4)13-16(19)20/h6-8,10,12-14H,9,11H2,1-5H3,(H2,27,28,29). The van der Waals surface area contributed by atoms with Gasteiger partial charge in [0.25, 0.3) is 0 Å². The maximum Gasteiger partial charge on any atom is 0.319 e. The number of ether oxygens (including phenoxy) is 3. The quantitative estimate of drug-likeness (QED) is 0.437. The largest absolute Gasteiger partial charge is 0.493 e. The second-order valence-corrected chi connectivity index (χ2v) is 8.88. The molecule has 0 fully saturated rings. The minimum absolute atomic E-state index is 0.149. The molecule has 170 valence electrons. The molecule has 2 aromatic carbocycles. The summed E-state index contributed by atoms with van der Waals surface area (Å²) in [7, 11) is 3.15. The van der Waals surface area contributed by atoms with Gasteiger partial charge in [0.2, 0.25) is 0 Å². The van der Waals surface area contributed by atoms with E-state index >= 15 is 0 Å². The van der Waals surface area contributed by atoms with Gasteiger partial charge in [-0.2, -0.15) is 0 Å². The third-order valence-electron chi connectivity index (χ3n) is 4.78. The van der Waals surface area contributed by atoms with Crippen molar-refractivity contribution < 1.29 is 19.0 Å². The van der Waals surface area contributed by atoms with E-state index in [4.69, 9.17) is 25.8 Å². The summed E-state index contributed by atoms with van der Waals surface area (Å²) in [6.45, 7) is 6.96. The molecule has 7 nitrogen and oxygen atoms in total. The summed E-state index contributed by atoms with van der Waals surface area (Å²) in [5, 5.41) is 6.74. The minimum atomic E-state index is -0.300. The van der Waals surface area contributed by atoms with Gasteiger partial charge >= 0.3 is 6.03 Å². The lowest BCUT2D eigenvalue weighted by molar-refractivity contribution is 0.250. The Bertz CT molecular complexity index is 1110. The minimum Gasteiger partial charge on any atom is -0.493 e. The molecule has 0 spiro atoms. The van der Waals surface area contributed by atoms with Crippen molar-refractivity contribution in [3.63, 3.8) is 0 Å². The van der Waals surface area contributed by atoms with Crippen LogP contribution in [-0.4, -0.2) is 31.8 Å². The lowest BCUT2D eigenvalue weighted by Crippen LogP contribution is -2.31. The number of anilines is 1. The second kappa shape index (κ2) is 9.96. The van der Waals surface area contributed by atoms with Crippen LogP contribution >= 0.6 is 11.6 Å². The van der Waals surface area contributed by atoms with Crippen molar-refractivity contribution in [1.82, 2.24) is 10.3 Å². The van der Waals surface area contributed by atoms with Crippen LogP contribution < -0.4 is 24.8 Å². The molecule has 0 saturated carbocycles. The first-order valence-electron chi connectivity index (χ1n) is 10.2. The first-order valence-corrected chi connectivity index (χ1v) is 10.6. The molecule has 0 unspecified atom stereocenters. The molecule has 0 saturated heterocycles. The second-order valence-electron chi connectivity index (χ2n) is 8.47. The molecule has 0 radical (unpaired) electrons. The number of nitrogens with one attached hydrogen (secondary N) is 2. The molecular formula is C24H28ClN3O4. The van der Waals surface area contributed by atoms with Crippen LogP contribution in [0.4, 0.5) is 10.5 Å². The number of carbonyl (C=O) groups excluding carboxylic acids is 1.